The van der Waals surface area contributed by atoms with E-state index in [1.54, 1.807) is 0 Å². The molecule has 3 nitrogen and oxygen atoms in total. The van der Waals surface area contributed by atoms with Crippen molar-refractivity contribution in [3.63, 3.8) is 0 Å². The van der Waals surface area contributed by atoms with Gasteiger partial charge < -0.3 is 12.4 Å². The van der Waals surface area contributed by atoms with Gasteiger partial charge in [-0.05, 0) is 30.5 Å². The largest absolute Gasteiger partial charge is 1.00 e. The van der Waals surface area contributed by atoms with Gasteiger partial charge in [-0.2, -0.15) is 5.10 Å². The van der Waals surface area contributed by atoms with E-state index in [0.29, 0.717) is 0 Å². The summed E-state index contributed by atoms with van der Waals surface area (Å²) in [6.07, 6.45) is 6.50. The van der Waals surface area contributed by atoms with Crippen molar-refractivity contribution < 1.29 is 12.4 Å². The lowest BCUT2D eigenvalue weighted by Gasteiger charge is -2.01. The van der Waals surface area contributed by atoms with Gasteiger partial charge in [-0.25, -0.2) is 0 Å². The maximum Gasteiger partial charge on any atom is 0.117 e. The van der Waals surface area contributed by atoms with E-state index < -0.39 is 0 Å². The zero-order valence-corrected chi connectivity index (χ0v) is 12.4. The first-order valence-electron chi connectivity index (χ1n) is 5.92. The zero-order valence-electron chi connectivity index (χ0n) is 10.1. The number of hydrazone groups is 1. The number of nitrogens with one attached hydrogen (secondary N) is 1. The van der Waals surface area contributed by atoms with E-state index >= 15 is 0 Å². The highest BCUT2D eigenvalue weighted by Gasteiger charge is 2.01. The molecule has 0 saturated carbocycles. The number of hydrogen-bond acceptors (Lipinski definition) is 3. The van der Waals surface area contributed by atoms with Gasteiger partial charge in [-0.1, -0.05) is 34.5 Å². The monoisotopic (exact) mass is 328 g/mol. The SMILES string of the molecule is Brc1ccc(/C=N/NC2=NCCCCC2)cc1.[Cl-]. The molecule has 2 rings (SSSR count). The quantitative estimate of drug-likeness (QED) is 0.617. The molecule has 1 aliphatic heterocycles. The van der Waals surface area contributed by atoms with Crippen LogP contribution in [0.25, 0.3) is 0 Å². The molecule has 0 bridgehead atoms. The smallest absolute Gasteiger partial charge is 0.117 e. The fourth-order valence-corrected chi connectivity index (χ4v) is 1.96. The van der Waals surface area contributed by atoms with E-state index in [1.807, 2.05) is 30.5 Å². The van der Waals surface area contributed by atoms with Crippen LogP contribution in [0.4, 0.5) is 0 Å². The molecule has 0 atom stereocenters. The molecule has 0 aromatic heterocycles. The molecule has 0 fully saturated rings. The fraction of sp³-hybridized carbons (Fsp3) is 0.385. The number of amidine groups is 1. The summed E-state index contributed by atoms with van der Waals surface area (Å²) in [5, 5.41) is 4.22. The van der Waals surface area contributed by atoms with Crippen LogP contribution in [-0.4, -0.2) is 18.6 Å². The van der Waals surface area contributed by atoms with Gasteiger partial charge in [0, 0.05) is 17.4 Å². The first-order chi connectivity index (χ1) is 8.34. The Labute approximate surface area is 122 Å². The maximum absolute atomic E-state index is 4.45. The Hall–Kier alpha value is -0.870. The zero-order chi connectivity index (χ0) is 11.9. The Morgan fingerprint density at radius 2 is 1.94 bits per heavy atom. The Morgan fingerprint density at radius 3 is 2.72 bits per heavy atom. The first-order valence-corrected chi connectivity index (χ1v) is 6.72. The molecule has 1 aliphatic rings. The summed E-state index contributed by atoms with van der Waals surface area (Å²) < 4.78 is 1.08. The topological polar surface area (TPSA) is 36.8 Å². The van der Waals surface area contributed by atoms with Gasteiger partial charge in [0.05, 0.1) is 6.21 Å². The molecule has 0 aliphatic carbocycles. The Bertz CT molecular complexity index is 415. The number of nitrogens with zero attached hydrogens (tertiary/aromatic N) is 2. The molecule has 0 radical (unpaired) electrons. The predicted octanol–water partition coefficient (Wildman–Crippen LogP) is 0.349. The van der Waals surface area contributed by atoms with Gasteiger partial charge in [0.1, 0.15) is 5.84 Å². The minimum Gasteiger partial charge on any atom is -1.00 e. The molecule has 0 spiro atoms. The summed E-state index contributed by atoms with van der Waals surface area (Å²) in [5.74, 6) is 1.01. The van der Waals surface area contributed by atoms with Crippen LogP contribution in [0.1, 0.15) is 31.2 Å². The summed E-state index contributed by atoms with van der Waals surface area (Å²) in [4.78, 5) is 4.45. The van der Waals surface area contributed by atoms with Gasteiger partial charge in [0.25, 0.3) is 0 Å². The summed E-state index contributed by atoms with van der Waals surface area (Å²) >= 11 is 3.41. The van der Waals surface area contributed by atoms with E-state index in [9.17, 15) is 0 Å². The summed E-state index contributed by atoms with van der Waals surface area (Å²) in [5.41, 5.74) is 4.11. The normalized spacial score (nSPS) is 15.7. The lowest BCUT2D eigenvalue weighted by atomic mass is 10.2. The molecular weight excluding hydrogens is 314 g/mol. The second-order valence-electron chi connectivity index (χ2n) is 4.06. The molecule has 1 aromatic rings. The van der Waals surface area contributed by atoms with E-state index in [-0.39, 0.29) is 12.4 Å². The predicted molar refractivity (Wildman–Crippen MR) is 75.6 cm³/mol. The second kappa shape index (κ2) is 8.27. The highest BCUT2D eigenvalue weighted by molar-refractivity contribution is 9.10. The molecule has 1 aromatic carbocycles. The Kier molecular flexibility index (Phi) is 6.98. The standard InChI is InChI=1S/C13H16BrN3.ClH/c14-12-7-5-11(6-8-12)10-16-17-13-4-2-1-3-9-15-13;/h5-8,10H,1-4,9H2,(H,15,17);1H/p-1/b16-10+;. The lowest BCUT2D eigenvalue weighted by molar-refractivity contribution is -0.00000344. The van der Waals surface area contributed by atoms with Crippen LogP contribution in [0, 0.1) is 0 Å². The van der Waals surface area contributed by atoms with E-state index in [0.717, 1.165) is 28.8 Å². The minimum absolute atomic E-state index is 0. The highest BCUT2D eigenvalue weighted by atomic mass is 79.9. The molecule has 1 heterocycles. The van der Waals surface area contributed by atoms with Crippen LogP contribution in [0.15, 0.2) is 38.8 Å². The van der Waals surface area contributed by atoms with E-state index in [4.69, 9.17) is 0 Å². The van der Waals surface area contributed by atoms with Crippen molar-refractivity contribution in [2.24, 2.45) is 10.1 Å². The first kappa shape index (κ1) is 15.2. The fourth-order valence-electron chi connectivity index (χ4n) is 1.70. The maximum atomic E-state index is 4.45. The van der Waals surface area contributed by atoms with Gasteiger partial charge in [-0.15, -0.1) is 0 Å². The molecule has 0 saturated heterocycles. The van der Waals surface area contributed by atoms with Crippen LogP contribution < -0.4 is 17.8 Å². The van der Waals surface area contributed by atoms with Crippen molar-refractivity contribution in [3.05, 3.63) is 34.3 Å². The van der Waals surface area contributed by atoms with Crippen molar-refractivity contribution in [1.82, 2.24) is 5.43 Å². The van der Waals surface area contributed by atoms with Crippen LogP contribution in [0.2, 0.25) is 0 Å². The van der Waals surface area contributed by atoms with Crippen LogP contribution >= 0.6 is 15.9 Å². The van der Waals surface area contributed by atoms with Crippen molar-refractivity contribution >= 4 is 28.0 Å². The highest BCUT2D eigenvalue weighted by Crippen LogP contribution is 2.09. The van der Waals surface area contributed by atoms with Gasteiger partial charge in [-0.3, -0.25) is 10.4 Å². The van der Waals surface area contributed by atoms with Crippen LogP contribution in [-0.2, 0) is 0 Å². The van der Waals surface area contributed by atoms with Crippen LogP contribution in [0.3, 0.4) is 0 Å². The molecular formula is C13H16BrClN3-. The summed E-state index contributed by atoms with van der Waals surface area (Å²) in [6.45, 7) is 0.927. The lowest BCUT2D eigenvalue weighted by Crippen LogP contribution is -3.00. The van der Waals surface area contributed by atoms with Gasteiger partial charge >= 0.3 is 0 Å². The van der Waals surface area contributed by atoms with E-state index in [1.165, 1.54) is 19.3 Å². The molecule has 5 heteroatoms. The molecule has 98 valence electrons. The third-order valence-electron chi connectivity index (χ3n) is 2.65. The van der Waals surface area contributed by atoms with Crippen molar-refractivity contribution in [1.29, 1.82) is 0 Å². The second-order valence-corrected chi connectivity index (χ2v) is 4.98. The molecule has 18 heavy (non-hydrogen) atoms. The Balaban J connectivity index is 0.00000162. The average Bonchev–Trinajstić information content (AvgIpc) is 2.60. The van der Waals surface area contributed by atoms with Gasteiger partial charge in [0.15, 0.2) is 0 Å². The van der Waals surface area contributed by atoms with E-state index in [2.05, 4.69) is 31.4 Å². The number of hydrogen-bond donors (Lipinski definition) is 1. The van der Waals surface area contributed by atoms with Crippen molar-refractivity contribution in [2.45, 2.75) is 25.7 Å². The molecule has 0 amide bonds. The average molecular weight is 330 g/mol. The number of aliphatic imine (C=N–C) groups is 1. The molecule has 1 N–H and O–H groups in total. The number of rotatable bonds is 2. The van der Waals surface area contributed by atoms with Crippen molar-refractivity contribution in [2.75, 3.05) is 6.54 Å². The van der Waals surface area contributed by atoms with Crippen LogP contribution in [0.5, 0.6) is 0 Å². The number of benzene rings is 1. The third kappa shape index (κ3) is 5.19. The minimum atomic E-state index is 0. The summed E-state index contributed by atoms with van der Waals surface area (Å²) in [6, 6.07) is 8.05. The Morgan fingerprint density at radius 1 is 1.17 bits per heavy atom. The van der Waals surface area contributed by atoms with Gasteiger partial charge in [0.2, 0.25) is 0 Å². The molecule has 0 unspecified atom stereocenters. The van der Waals surface area contributed by atoms with Crippen molar-refractivity contribution in [3.8, 4) is 0 Å². The third-order valence-corrected chi connectivity index (χ3v) is 3.18. The summed E-state index contributed by atoms with van der Waals surface area (Å²) in [7, 11) is 0. The number of halogens is 2.